The predicted molar refractivity (Wildman–Crippen MR) is 165 cm³/mol. The molecule has 0 spiro atoms. The van der Waals surface area contributed by atoms with Gasteiger partial charge >= 0.3 is 0 Å². The molecule has 0 unspecified atom stereocenters. The van der Waals surface area contributed by atoms with Gasteiger partial charge in [0.1, 0.15) is 5.75 Å². The first-order valence-corrected chi connectivity index (χ1v) is 14.3. The maximum Gasteiger partial charge on any atom is 0.242 e. The molecule has 224 valence electrons. The zero-order chi connectivity index (χ0) is 30.5. The minimum Gasteiger partial charge on any atom is -0.497 e. The number of hydrogen-bond acceptors (Lipinski definition) is 4. The number of piperazine rings is 1. The van der Waals surface area contributed by atoms with Crippen LogP contribution in [0.1, 0.15) is 36.2 Å². The van der Waals surface area contributed by atoms with Crippen molar-refractivity contribution in [1.29, 1.82) is 0 Å². The van der Waals surface area contributed by atoms with Crippen LogP contribution in [0.2, 0.25) is 0 Å². The normalized spacial score (nSPS) is 15.1. The van der Waals surface area contributed by atoms with Gasteiger partial charge in [0.05, 0.1) is 26.9 Å². The number of halogens is 1. The van der Waals surface area contributed by atoms with E-state index in [1.54, 1.807) is 30.2 Å². The summed E-state index contributed by atoms with van der Waals surface area (Å²) in [7, 11) is 1.68. The number of aromatic amines is 1. The standard InChI is InChI=1S/C15H17FN2O3.C10H11NO.C7H8.C2H6/c16-15(9-21-10-15)13-3-1-2-12(6-13)7-18-5-4-17(11-19)8-14(18)20;1-7-5-8-6-9(12-2)3-4-10(8)11-7;1-7-5-3-2-4-6-7;1-2/h1-3,6,11H,4-5,7-10H2;3-6,11H,1-2H3;2-6H,1H3;1-2H3. The van der Waals surface area contributed by atoms with Gasteiger partial charge in [-0.05, 0) is 49.2 Å². The molecule has 3 heterocycles. The second-order valence-corrected chi connectivity index (χ2v) is 10.1. The Morgan fingerprint density at radius 1 is 0.976 bits per heavy atom. The highest BCUT2D eigenvalue weighted by atomic mass is 19.1. The van der Waals surface area contributed by atoms with Crippen LogP contribution in [0.15, 0.2) is 78.9 Å². The topological polar surface area (TPSA) is 74.9 Å². The molecule has 0 radical (unpaired) electrons. The number of aromatic nitrogens is 1. The Bertz CT molecular complexity index is 1420. The third-order valence-electron chi connectivity index (χ3n) is 6.88. The van der Waals surface area contributed by atoms with Crippen molar-refractivity contribution in [2.45, 2.75) is 39.9 Å². The molecule has 0 saturated carbocycles. The molecule has 2 aliphatic rings. The number of nitrogens with one attached hydrogen (secondary N) is 1. The second kappa shape index (κ2) is 15.7. The van der Waals surface area contributed by atoms with Crippen molar-refractivity contribution in [2.24, 2.45) is 0 Å². The zero-order valence-electron chi connectivity index (χ0n) is 25.2. The average Bonchev–Trinajstić information content (AvgIpc) is 3.38. The highest BCUT2D eigenvalue weighted by molar-refractivity contribution is 5.82. The van der Waals surface area contributed by atoms with Gasteiger partial charge in [0, 0.05) is 36.2 Å². The molecule has 6 rings (SSSR count). The van der Waals surface area contributed by atoms with E-state index in [-0.39, 0.29) is 25.7 Å². The molecule has 2 saturated heterocycles. The monoisotopic (exact) mass is 575 g/mol. The van der Waals surface area contributed by atoms with Crippen molar-refractivity contribution in [1.82, 2.24) is 14.8 Å². The molecule has 2 amide bonds. The first-order chi connectivity index (χ1) is 20.3. The summed E-state index contributed by atoms with van der Waals surface area (Å²) in [5.41, 5.74) is 3.76. The summed E-state index contributed by atoms with van der Waals surface area (Å²) in [6, 6.07) is 25.6. The number of nitrogens with zero attached hydrogens (tertiary/aromatic N) is 2. The van der Waals surface area contributed by atoms with E-state index in [4.69, 9.17) is 9.47 Å². The minimum absolute atomic E-state index is 0.0827. The number of carbonyl (C=O) groups is 2. The van der Waals surface area contributed by atoms with Gasteiger partial charge in [-0.3, -0.25) is 9.59 Å². The molecule has 42 heavy (non-hydrogen) atoms. The van der Waals surface area contributed by atoms with Crippen LogP contribution in [-0.2, 0) is 26.5 Å². The number of methoxy groups -OCH3 is 1. The number of rotatable bonds is 5. The van der Waals surface area contributed by atoms with Gasteiger partial charge in [-0.25, -0.2) is 4.39 Å². The van der Waals surface area contributed by atoms with Crippen molar-refractivity contribution in [3.05, 3.63) is 101 Å². The van der Waals surface area contributed by atoms with Gasteiger partial charge in [0.15, 0.2) is 5.67 Å². The fourth-order valence-corrected chi connectivity index (χ4v) is 4.52. The van der Waals surface area contributed by atoms with Crippen LogP contribution in [0, 0.1) is 13.8 Å². The summed E-state index contributed by atoms with van der Waals surface area (Å²) >= 11 is 0. The van der Waals surface area contributed by atoms with Crippen molar-refractivity contribution in [3.63, 3.8) is 0 Å². The van der Waals surface area contributed by atoms with Crippen LogP contribution in [0.4, 0.5) is 4.39 Å². The Morgan fingerprint density at radius 3 is 2.29 bits per heavy atom. The number of carbonyl (C=O) groups excluding carboxylic acids is 2. The van der Waals surface area contributed by atoms with Gasteiger partial charge < -0.3 is 24.3 Å². The third-order valence-corrected chi connectivity index (χ3v) is 6.88. The molecule has 1 N–H and O–H groups in total. The van der Waals surface area contributed by atoms with Gasteiger partial charge in [-0.15, -0.1) is 0 Å². The number of H-pyrrole nitrogens is 1. The predicted octanol–water partition coefficient (Wildman–Crippen LogP) is 6.19. The molecule has 4 aromatic rings. The third kappa shape index (κ3) is 8.91. The lowest BCUT2D eigenvalue weighted by Gasteiger charge is -2.35. The summed E-state index contributed by atoms with van der Waals surface area (Å²) in [6.45, 7) is 9.91. The van der Waals surface area contributed by atoms with Gasteiger partial charge in [0.25, 0.3) is 0 Å². The fraction of sp³-hybridized carbons (Fsp3) is 0.353. The fourth-order valence-electron chi connectivity index (χ4n) is 4.52. The van der Waals surface area contributed by atoms with E-state index in [1.807, 2.05) is 63.2 Å². The van der Waals surface area contributed by atoms with Crippen molar-refractivity contribution < 1.29 is 23.5 Å². The van der Waals surface area contributed by atoms with Crippen LogP contribution in [0.3, 0.4) is 0 Å². The average molecular weight is 576 g/mol. The highest BCUT2D eigenvalue weighted by Crippen LogP contribution is 2.34. The summed E-state index contributed by atoms with van der Waals surface area (Å²) in [5, 5.41) is 1.20. The Labute approximate surface area is 248 Å². The van der Waals surface area contributed by atoms with Gasteiger partial charge in [-0.1, -0.05) is 74.0 Å². The number of fused-ring (bicyclic) bond motifs is 1. The van der Waals surface area contributed by atoms with Crippen LogP contribution in [0.25, 0.3) is 10.9 Å². The quantitative estimate of drug-likeness (QED) is 0.288. The van der Waals surface area contributed by atoms with E-state index in [0.29, 0.717) is 31.6 Å². The lowest BCUT2D eigenvalue weighted by atomic mass is 9.92. The number of amides is 2. The van der Waals surface area contributed by atoms with E-state index in [1.165, 1.54) is 21.5 Å². The molecule has 2 aliphatic heterocycles. The van der Waals surface area contributed by atoms with Crippen LogP contribution in [0.5, 0.6) is 5.75 Å². The maximum atomic E-state index is 14.3. The van der Waals surface area contributed by atoms with Crippen molar-refractivity contribution in [2.75, 3.05) is 40.0 Å². The molecule has 7 nitrogen and oxygen atoms in total. The molecule has 2 fully saturated rings. The van der Waals surface area contributed by atoms with Gasteiger partial charge in [-0.2, -0.15) is 0 Å². The van der Waals surface area contributed by atoms with Crippen LogP contribution >= 0.6 is 0 Å². The molecular weight excluding hydrogens is 533 g/mol. The first kappa shape index (κ1) is 32.3. The summed E-state index contributed by atoms with van der Waals surface area (Å²) in [6.07, 6.45) is 0.694. The molecule has 3 aromatic carbocycles. The molecule has 0 aliphatic carbocycles. The van der Waals surface area contributed by atoms with E-state index in [9.17, 15) is 14.0 Å². The van der Waals surface area contributed by atoms with E-state index in [0.717, 1.165) is 16.8 Å². The Hall–Kier alpha value is -4.17. The van der Waals surface area contributed by atoms with Crippen LogP contribution < -0.4 is 4.74 Å². The van der Waals surface area contributed by atoms with Crippen LogP contribution in [-0.4, -0.2) is 67.1 Å². The van der Waals surface area contributed by atoms with Gasteiger partial charge in [0.2, 0.25) is 12.3 Å². The number of hydrogen-bond donors (Lipinski definition) is 1. The molecule has 0 bridgehead atoms. The smallest absolute Gasteiger partial charge is 0.242 e. The highest BCUT2D eigenvalue weighted by Gasteiger charge is 2.40. The van der Waals surface area contributed by atoms with E-state index >= 15 is 0 Å². The van der Waals surface area contributed by atoms with Crippen molar-refractivity contribution >= 4 is 23.2 Å². The zero-order valence-corrected chi connectivity index (χ0v) is 25.2. The Balaban J connectivity index is 0.000000193. The summed E-state index contributed by atoms with van der Waals surface area (Å²) in [4.78, 5) is 29.0. The number of ether oxygens (including phenoxy) is 2. The lowest BCUT2D eigenvalue weighted by Crippen LogP contribution is -2.49. The largest absolute Gasteiger partial charge is 0.497 e. The maximum absolute atomic E-state index is 14.3. The molecular formula is C34H42FN3O4. The summed E-state index contributed by atoms with van der Waals surface area (Å²) in [5.74, 6) is 0.821. The summed E-state index contributed by atoms with van der Waals surface area (Å²) < 4.78 is 24.4. The number of benzene rings is 3. The Kier molecular flexibility index (Phi) is 12.1. The van der Waals surface area contributed by atoms with E-state index in [2.05, 4.69) is 30.1 Å². The molecule has 0 atom stereocenters. The number of alkyl halides is 1. The number of aryl methyl sites for hydroxylation is 2. The van der Waals surface area contributed by atoms with E-state index < -0.39 is 5.67 Å². The second-order valence-electron chi connectivity index (χ2n) is 10.1. The first-order valence-electron chi connectivity index (χ1n) is 14.3. The minimum atomic E-state index is -1.39. The van der Waals surface area contributed by atoms with Crippen molar-refractivity contribution in [3.8, 4) is 5.75 Å². The lowest BCUT2D eigenvalue weighted by molar-refractivity contribution is -0.140. The molecule has 1 aromatic heterocycles. The Morgan fingerprint density at radius 2 is 1.71 bits per heavy atom. The molecule has 8 heteroatoms. The SMILES string of the molecule is CC.COc1ccc2[nH]c(C)cc2c1.Cc1ccccc1.O=CN1CCN(Cc2cccc(C3(F)COC3)c2)C(=O)C1.